The molecule has 0 radical (unpaired) electrons. The number of ether oxygens (including phenoxy) is 1. The average Bonchev–Trinajstić information content (AvgIpc) is 2.89. The fourth-order valence-corrected chi connectivity index (χ4v) is 2.42. The molecular formula is C13H13ClN4O5S. The number of nitrogens with zero attached hydrogens (tertiary/aromatic N) is 2. The van der Waals surface area contributed by atoms with E-state index >= 15 is 0 Å². The van der Waals surface area contributed by atoms with Gasteiger partial charge in [0.25, 0.3) is 5.91 Å². The van der Waals surface area contributed by atoms with Crippen LogP contribution in [0.2, 0.25) is 5.02 Å². The standard InChI is InChI=1S/C13H13ClN4O5S/c1-18-6-9(24(15,21)22)4-10(18)13(20)23-7-12(19)17-11-3-2-8(14)5-16-11/h2-6H,7H2,1H3,(H2,15,21,22)(H,16,17,19). The summed E-state index contributed by atoms with van der Waals surface area (Å²) in [6, 6.07) is 4.09. The number of aryl methyl sites for hydroxylation is 1. The lowest BCUT2D eigenvalue weighted by Crippen LogP contribution is -2.22. The second-order valence-corrected chi connectivity index (χ2v) is 6.70. The number of hydrogen-bond acceptors (Lipinski definition) is 6. The van der Waals surface area contributed by atoms with E-state index in [4.69, 9.17) is 21.5 Å². The summed E-state index contributed by atoms with van der Waals surface area (Å²) in [7, 11) is -2.49. The number of hydrogen-bond donors (Lipinski definition) is 2. The van der Waals surface area contributed by atoms with E-state index in [9.17, 15) is 18.0 Å². The molecule has 2 heterocycles. The van der Waals surface area contributed by atoms with E-state index in [1.165, 1.54) is 36.1 Å². The molecule has 0 unspecified atom stereocenters. The number of carbonyl (C=O) groups is 2. The van der Waals surface area contributed by atoms with Crippen molar-refractivity contribution in [3.8, 4) is 0 Å². The normalized spacial score (nSPS) is 11.1. The third-order valence-electron chi connectivity index (χ3n) is 2.85. The fraction of sp³-hybridized carbons (Fsp3) is 0.154. The number of amides is 1. The van der Waals surface area contributed by atoms with Gasteiger partial charge in [0.15, 0.2) is 6.61 Å². The Morgan fingerprint density at radius 1 is 1.42 bits per heavy atom. The molecule has 0 bridgehead atoms. The Labute approximate surface area is 142 Å². The molecule has 0 fully saturated rings. The minimum atomic E-state index is -3.94. The summed E-state index contributed by atoms with van der Waals surface area (Å²) in [4.78, 5) is 27.2. The van der Waals surface area contributed by atoms with Crippen LogP contribution in [0.4, 0.5) is 5.82 Å². The molecule has 0 aliphatic heterocycles. The molecule has 0 aliphatic rings. The van der Waals surface area contributed by atoms with Crippen LogP contribution in [0.5, 0.6) is 0 Å². The number of rotatable bonds is 5. The van der Waals surface area contributed by atoms with Gasteiger partial charge in [-0.3, -0.25) is 4.79 Å². The molecule has 2 aromatic rings. The Kier molecular flexibility index (Phi) is 5.22. The molecule has 9 nitrogen and oxygen atoms in total. The predicted molar refractivity (Wildman–Crippen MR) is 84.9 cm³/mol. The van der Waals surface area contributed by atoms with Gasteiger partial charge in [-0.15, -0.1) is 0 Å². The second kappa shape index (κ2) is 6.99. The van der Waals surface area contributed by atoms with E-state index in [1.54, 1.807) is 0 Å². The predicted octanol–water partition coefficient (Wildman–Crippen LogP) is 0.516. The number of aromatic nitrogens is 2. The SMILES string of the molecule is Cn1cc(S(N)(=O)=O)cc1C(=O)OCC(=O)Nc1ccc(Cl)cn1. The van der Waals surface area contributed by atoms with Crippen LogP contribution >= 0.6 is 11.6 Å². The van der Waals surface area contributed by atoms with E-state index in [1.807, 2.05) is 0 Å². The largest absolute Gasteiger partial charge is 0.451 e. The van der Waals surface area contributed by atoms with Gasteiger partial charge < -0.3 is 14.6 Å². The summed E-state index contributed by atoms with van der Waals surface area (Å²) < 4.78 is 28.6. The number of halogens is 1. The number of nitrogens with one attached hydrogen (secondary N) is 1. The molecule has 24 heavy (non-hydrogen) atoms. The molecule has 0 atom stereocenters. The summed E-state index contributed by atoms with van der Waals surface area (Å²) in [6.07, 6.45) is 2.52. The number of esters is 1. The Bertz CT molecular complexity index is 876. The van der Waals surface area contributed by atoms with Crippen molar-refractivity contribution in [1.82, 2.24) is 9.55 Å². The van der Waals surface area contributed by atoms with Crippen molar-refractivity contribution in [1.29, 1.82) is 0 Å². The Balaban J connectivity index is 1.96. The summed E-state index contributed by atoms with van der Waals surface area (Å²) in [5.41, 5.74) is -0.0588. The third kappa shape index (κ3) is 4.54. The molecule has 2 aromatic heterocycles. The maximum absolute atomic E-state index is 11.9. The zero-order valence-electron chi connectivity index (χ0n) is 12.4. The van der Waals surface area contributed by atoms with Gasteiger partial charge in [0, 0.05) is 19.4 Å². The van der Waals surface area contributed by atoms with Crippen LogP contribution in [0.1, 0.15) is 10.5 Å². The zero-order valence-corrected chi connectivity index (χ0v) is 14.0. The van der Waals surface area contributed by atoms with Crippen molar-refractivity contribution in [2.75, 3.05) is 11.9 Å². The summed E-state index contributed by atoms with van der Waals surface area (Å²) in [6.45, 7) is -0.570. The third-order valence-corrected chi connectivity index (χ3v) is 3.95. The molecule has 2 rings (SSSR count). The van der Waals surface area contributed by atoms with Crippen LogP contribution < -0.4 is 10.5 Å². The van der Waals surface area contributed by atoms with Crippen molar-refractivity contribution in [3.05, 3.63) is 41.3 Å². The quantitative estimate of drug-likeness (QED) is 0.735. The Morgan fingerprint density at radius 2 is 2.12 bits per heavy atom. The first kappa shape index (κ1) is 17.9. The number of pyridine rings is 1. The van der Waals surface area contributed by atoms with E-state index in [0.717, 1.165) is 6.07 Å². The monoisotopic (exact) mass is 372 g/mol. The van der Waals surface area contributed by atoms with Gasteiger partial charge >= 0.3 is 5.97 Å². The van der Waals surface area contributed by atoms with E-state index in [2.05, 4.69) is 10.3 Å². The van der Waals surface area contributed by atoms with Crippen LogP contribution in [0.25, 0.3) is 0 Å². The number of carbonyl (C=O) groups excluding carboxylic acids is 2. The highest BCUT2D eigenvalue weighted by atomic mass is 35.5. The average molecular weight is 373 g/mol. The lowest BCUT2D eigenvalue weighted by molar-refractivity contribution is -0.119. The molecule has 0 saturated heterocycles. The van der Waals surface area contributed by atoms with Gasteiger partial charge in [-0.2, -0.15) is 0 Å². The molecule has 128 valence electrons. The van der Waals surface area contributed by atoms with Crippen LogP contribution in [-0.4, -0.2) is 36.5 Å². The molecule has 0 aromatic carbocycles. The first-order valence-corrected chi connectivity index (χ1v) is 8.37. The fourth-order valence-electron chi connectivity index (χ4n) is 1.73. The van der Waals surface area contributed by atoms with Gasteiger partial charge in [-0.05, 0) is 18.2 Å². The summed E-state index contributed by atoms with van der Waals surface area (Å²) in [5.74, 6) is -1.23. The second-order valence-electron chi connectivity index (χ2n) is 4.70. The smallest absolute Gasteiger partial charge is 0.355 e. The van der Waals surface area contributed by atoms with E-state index < -0.39 is 28.5 Å². The number of anilines is 1. The lowest BCUT2D eigenvalue weighted by Gasteiger charge is -2.06. The van der Waals surface area contributed by atoms with Crippen molar-refractivity contribution in [3.63, 3.8) is 0 Å². The van der Waals surface area contributed by atoms with E-state index in [-0.39, 0.29) is 16.4 Å². The molecule has 3 N–H and O–H groups in total. The van der Waals surface area contributed by atoms with Crippen molar-refractivity contribution in [2.45, 2.75) is 4.90 Å². The van der Waals surface area contributed by atoms with Gasteiger partial charge in [-0.25, -0.2) is 23.3 Å². The highest BCUT2D eigenvalue weighted by Gasteiger charge is 2.19. The molecule has 0 spiro atoms. The van der Waals surface area contributed by atoms with Gasteiger partial charge in [0.05, 0.1) is 5.02 Å². The van der Waals surface area contributed by atoms with Crippen LogP contribution in [0.3, 0.4) is 0 Å². The number of primary sulfonamides is 1. The lowest BCUT2D eigenvalue weighted by atomic mass is 10.4. The van der Waals surface area contributed by atoms with Gasteiger partial charge in [0.1, 0.15) is 16.4 Å². The first-order chi connectivity index (χ1) is 11.2. The minimum absolute atomic E-state index is 0.0588. The molecule has 0 aliphatic carbocycles. The van der Waals surface area contributed by atoms with E-state index in [0.29, 0.717) is 5.02 Å². The topological polar surface area (TPSA) is 133 Å². The Hall–Kier alpha value is -2.43. The first-order valence-electron chi connectivity index (χ1n) is 6.44. The van der Waals surface area contributed by atoms with Crippen LogP contribution in [0.15, 0.2) is 35.5 Å². The summed E-state index contributed by atoms with van der Waals surface area (Å²) in [5, 5.41) is 7.81. The van der Waals surface area contributed by atoms with Gasteiger partial charge in [-0.1, -0.05) is 11.6 Å². The summed E-state index contributed by atoms with van der Waals surface area (Å²) >= 11 is 5.67. The Morgan fingerprint density at radius 3 is 2.67 bits per heavy atom. The minimum Gasteiger partial charge on any atom is -0.451 e. The van der Waals surface area contributed by atoms with Crippen molar-refractivity contribution in [2.24, 2.45) is 12.2 Å². The number of nitrogens with two attached hydrogens (primary N) is 1. The van der Waals surface area contributed by atoms with Crippen molar-refractivity contribution < 1.29 is 22.7 Å². The maximum Gasteiger partial charge on any atom is 0.355 e. The zero-order chi connectivity index (χ0) is 17.9. The molecular weight excluding hydrogens is 360 g/mol. The highest BCUT2D eigenvalue weighted by Crippen LogP contribution is 2.13. The van der Waals surface area contributed by atoms with Crippen LogP contribution in [0, 0.1) is 0 Å². The molecule has 1 amide bonds. The molecule has 11 heteroatoms. The highest BCUT2D eigenvalue weighted by molar-refractivity contribution is 7.89. The van der Waals surface area contributed by atoms with Crippen molar-refractivity contribution >= 4 is 39.3 Å². The van der Waals surface area contributed by atoms with Gasteiger partial charge in [0.2, 0.25) is 10.0 Å². The maximum atomic E-state index is 11.9. The number of sulfonamides is 1. The van der Waals surface area contributed by atoms with Crippen LogP contribution in [-0.2, 0) is 26.6 Å². The molecule has 0 saturated carbocycles.